The SMILES string of the molecule is COC1(C)OC2CN(C(=O)OC(C)(C)C)C3(CC3)C(C(O)C(F)(F)F)C2OC1(C)OC. The predicted octanol–water partition coefficient (Wildman–Crippen LogP) is 2.82. The highest BCUT2D eigenvalue weighted by Gasteiger charge is 2.72. The van der Waals surface area contributed by atoms with Crippen molar-refractivity contribution in [3.8, 4) is 0 Å². The number of halogens is 3. The lowest BCUT2D eigenvalue weighted by Gasteiger charge is -2.59. The molecule has 2 aliphatic heterocycles. The fraction of sp³-hybridized carbons (Fsp3) is 0.950. The molecule has 0 bridgehead atoms. The van der Waals surface area contributed by atoms with Crippen LogP contribution in [-0.2, 0) is 23.7 Å². The fourth-order valence-corrected chi connectivity index (χ4v) is 4.65. The number of ether oxygens (including phenoxy) is 5. The summed E-state index contributed by atoms with van der Waals surface area (Å²) in [5, 5.41) is 10.4. The summed E-state index contributed by atoms with van der Waals surface area (Å²) in [5.74, 6) is -4.50. The Morgan fingerprint density at radius 3 is 2.03 bits per heavy atom. The van der Waals surface area contributed by atoms with Crippen molar-refractivity contribution in [2.75, 3.05) is 20.8 Å². The van der Waals surface area contributed by atoms with E-state index in [0.29, 0.717) is 0 Å². The standard InChI is InChI=1S/C20H32F3NO7/c1-16(2,3)31-15(26)24-10-11-13(30-18(5,28-7)17(4,27-6)29-11)12(19(24)8-9-19)14(25)20(21,22)23/h11-14,25H,8-10H2,1-7H3. The Labute approximate surface area is 179 Å². The van der Waals surface area contributed by atoms with Gasteiger partial charge < -0.3 is 28.8 Å². The van der Waals surface area contributed by atoms with Gasteiger partial charge in [0.15, 0.2) is 6.10 Å². The molecule has 0 aromatic carbocycles. The molecule has 3 fully saturated rings. The van der Waals surface area contributed by atoms with Crippen molar-refractivity contribution in [3.05, 3.63) is 0 Å². The third-order valence-electron chi connectivity index (χ3n) is 6.63. The van der Waals surface area contributed by atoms with E-state index < -0.39 is 59.2 Å². The van der Waals surface area contributed by atoms with E-state index in [1.165, 1.54) is 26.0 Å². The number of carbonyl (C=O) groups excluding carboxylic acids is 1. The summed E-state index contributed by atoms with van der Waals surface area (Å²) in [6.07, 6.45) is -10.0. The quantitative estimate of drug-likeness (QED) is 0.700. The summed E-state index contributed by atoms with van der Waals surface area (Å²) in [4.78, 5) is 14.2. The molecule has 3 rings (SSSR count). The number of piperidine rings is 1. The Kier molecular flexibility index (Phi) is 5.88. The topological polar surface area (TPSA) is 86.7 Å². The largest absolute Gasteiger partial charge is 0.444 e. The van der Waals surface area contributed by atoms with Gasteiger partial charge in [0.05, 0.1) is 18.2 Å². The molecule has 1 amide bonds. The van der Waals surface area contributed by atoms with E-state index in [-0.39, 0.29) is 19.4 Å². The highest BCUT2D eigenvalue weighted by molar-refractivity contribution is 5.70. The number of fused-ring (bicyclic) bond motifs is 1. The Bertz CT molecular complexity index is 708. The molecule has 11 heteroatoms. The number of aliphatic hydroxyl groups is 1. The highest BCUT2D eigenvalue weighted by atomic mass is 19.4. The minimum absolute atomic E-state index is 0.0700. The van der Waals surface area contributed by atoms with Gasteiger partial charge in [-0.2, -0.15) is 13.2 Å². The number of hydrogen-bond acceptors (Lipinski definition) is 7. The Balaban J connectivity index is 2.05. The molecule has 180 valence electrons. The molecule has 0 aromatic heterocycles. The number of nitrogens with zero attached hydrogens (tertiary/aromatic N) is 1. The molecule has 0 aromatic rings. The zero-order valence-corrected chi connectivity index (χ0v) is 18.9. The first-order valence-electron chi connectivity index (χ1n) is 10.2. The smallest absolute Gasteiger partial charge is 0.414 e. The van der Waals surface area contributed by atoms with E-state index in [1.807, 2.05) is 0 Å². The number of hydrogen-bond donors (Lipinski definition) is 1. The van der Waals surface area contributed by atoms with Gasteiger partial charge in [-0.05, 0) is 47.5 Å². The van der Waals surface area contributed by atoms with Crippen LogP contribution >= 0.6 is 0 Å². The van der Waals surface area contributed by atoms with Crippen LogP contribution in [0.1, 0.15) is 47.5 Å². The molecular weight excluding hydrogens is 423 g/mol. The van der Waals surface area contributed by atoms with Crippen molar-refractivity contribution in [1.82, 2.24) is 4.90 Å². The second-order valence-electron chi connectivity index (χ2n) is 9.75. The molecule has 0 radical (unpaired) electrons. The van der Waals surface area contributed by atoms with Crippen LogP contribution in [0, 0.1) is 5.92 Å². The molecule has 2 heterocycles. The summed E-state index contributed by atoms with van der Waals surface area (Å²) < 4.78 is 69.6. The third-order valence-corrected chi connectivity index (χ3v) is 6.63. The number of carbonyl (C=O) groups is 1. The molecule has 6 unspecified atom stereocenters. The van der Waals surface area contributed by atoms with E-state index in [1.54, 1.807) is 27.7 Å². The second kappa shape index (κ2) is 7.44. The first-order chi connectivity index (χ1) is 14.0. The fourth-order valence-electron chi connectivity index (χ4n) is 4.65. The van der Waals surface area contributed by atoms with E-state index in [4.69, 9.17) is 23.7 Å². The number of methoxy groups -OCH3 is 2. The summed E-state index contributed by atoms with van der Waals surface area (Å²) in [7, 11) is 2.69. The van der Waals surface area contributed by atoms with Gasteiger partial charge in [-0.3, -0.25) is 4.90 Å². The molecule has 31 heavy (non-hydrogen) atoms. The lowest BCUT2D eigenvalue weighted by Crippen LogP contribution is -2.75. The van der Waals surface area contributed by atoms with Gasteiger partial charge in [-0.15, -0.1) is 0 Å². The van der Waals surface area contributed by atoms with Crippen molar-refractivity contribution >= 4 is 6.09 Å². The van der Waals surface area contributed by atoms with Crippen molar-refractivity contribution < 1.29 is 46.8 Å². The average molecular weight is 455 g/mol. The first-order valence-corrected chi connectivity index (χ1v) is 10.2. The van der Waals surface area contributed by atoms with Gasteiger partial charge in [0.25, 0.3) is 0 Å². The summed E-state index contributed by atoms with van der Waals surface area (Å²) >= 11 is 0. The maximum Gasteiger partial charge on any atom is 0.414 e. The van der Waals surface area contributed by atoms with Gasteiger partial charge in [0.1, 0.15) is 11.7 Å². The minimum atomic E-state index is -4.92. The van der Waals surface area contributed by atoms with Gasteiger partial charge in [-0.25, -0.2) is 4.79 Å². The van der Waals surface area contributed by atoms with E-state index >= 15 is 0 Å². The molecule has 1 aliphatic carbocycles. The summed E-state index contributed by atoms with van der Waals surface area (Å²) in [6, 6.07) is 0. The lowest BCUT2D eigenvalue weighted by molar-refractivity contribution is -0.462. The van der Waals surface area contributed by atoms with Crippen molar-refractivity contribution in [2.24, 2.45) is 5.92 Å². The van der Waals surface area contributed by atoms with Gasteiger partial charge in [0, 0.05) is 20.1 Å². The van der Waals surface area contributed by atoms with Crippen LogP contribution in [-0.4, -0.2) is 84.1 Å². The molecule has 1 spiro atoms. The minimum Gasteiger partial charge on any atom is -0.444 e. The van der Waals surface area contributed by atoms with E-state index in [9.17, 15) is 23.1 Å². The monoisotopic (exact) mass is 455 g/mol. The average Bonchev–Trinajstić information content (AvgIpc) is 3.41. The van der Waals surface area contributed by atoms with Crippen molar-refractivity contribution in [2.45, 2.75) is 94.7 Å². The molecular formula is C20H32F3NO7. The Morgan fingerprint density at radius 1 is 1.10 bits per heavy atom. The maximum absolute atomic E-state index is 13.7. The molecule has 2 saturated heterocycles. The number of aliphatic hydroxyl groups excluding tert-OH is 1. The van der Waals surface area contributed by atoms with Crippen LogP contribution in [0.25, 0.3) is 0 Å². The van der Waals surface area contributed by atoms with E-state index in [0.717, 1.165) is 0 Å². The van der Waals surface area contributed by atoms with Gasteiger partial charge in [-0.1, -0.05) is 0 Å². The molecule has 3 aliphatic rings. The zero-order valence-electron chi connectivity index (χ0n) is 18.9. The van der Waals surface area contributed by atoms with Gasteiger partial charge >= 0.3 is 12.3 Å². The lowest BCUT2D eigenvalue weighted by atomic mass is 9.77. The van der Waals surface area contributed by atoms with Crippen molar-refractivity contribution in [1.29, 1.82) is 0 Å². The van der Waals surface area contributed by atoms with Gasteiger partial charge in [0.2, 0.25) is 11.6 Å². The highest BCUT2D eigenvalue weighted by Crippen LogP contribution is 2.58. The Morgan fingerprint density at radius 2 is 1.61 bits per heavy atom. The maximum atomic E-state index is 13.7. The number of alkyl halides is 3. The molecule has 1 saturated carbocycles. The second-order valence-corrected chi connectivity index (χ2v) is 9.75. The number of amides is 1. The Hall–Kier alpha value is -1.14. The third kappa shape index (κ3) is 4.03. The van der Waals surface area contributed by atoms with Crippen LogP contribution in [0.3, 0.4) is 0 Å². The molecule has 6 atom stereocenters. The summed E-state index contributed by atoms with van der Waals surface area (Å²) in [5.41, 5.74) is -2.10. The number of rotatable bonds is 3. The zero-order chi connectivity index (χ0) is 23.6. The normalized spacial score (nSPS) is 38.5. The van der Waals surface area contributed by atoms with Crippen LogP contribution in [0.5, 0.6) is 0 Å². The van der Waals surface area contributed by atoms with Crippen LogP contribution in [0.15, 0.2) is 0 Å². The predicted molar refractivity (Wildman–Crippen MR) is 101 cm³/mol. The molecule has 8 nitrogen and oxygen atoms in total. The van der Waals surface area contributed by atoms with Crippen LogP contribution < -0.4 is 0 Å². The molecule has 1 N–H and O–H groups in total. The van der Waals surface area contributed by atoms with Crippen molar-refractivity contribution in [3.63, 3.8) is 0 Å². The number of likely N-dealkylation sites (tertiary alicyclic amines) is 1. The van der Waals surface area contributed by atoms with Crippen LogP contribution in [0.4, 0.5) is 18.0 Å². The van der Waals surface area contributed by atoms with E-state index in [2.05, 4.69) is 0 Å². The first kappa shape index (κ1) is 24.5. The summed E-state index contributed by atoms with van der Waals surface area (Å²) in [6.45, 7) is 7.99. The van der Waals surface area contributed by atoms with Crippen LogP contribution in [0.2, 0.25) is 0 Å².